The maximum absolute atomic E-state index is 3.42. The average Bonchev–Trinajstić information content (AvgIpc) is 2.73. The van der Waals surface area contributed by atoms with E-state index in [1.54, 1.807) is 11.1 Å². The van der Waals surface area contributed by atoms with Crippen molar-refractivity contribution in [1.82, 2.24) is 5.32 Å². The molecular weight excluding hydrogens is 194 g/mol. The molecule has 16 heavy (non-hydrogen) atoms. The minimum Gasteiger partial charge on any atom is -0.317 e. The summed E-state index contributed by atoms with van der Waals surface area (Å²) in [5.41, 5.74) is 4.71. The molecule has 1 N–H and O–H groups in total. The molecule has 0 saturated carbocycles. The molecular formula is C15H23N. The summed E-state index contributed by atoms with van der Waals surface area (Å²) in [6, 6.07) is 7.11. The first kappa shape index (κ1) is 11.7. The van der Waals surface area contributed by atoms with Crippen molar-refractivity contribution < 1.29 is 0 Å². The fourth-order valence-corrected chi connectivity index (χ4v) is 2.62. The van der Waals surface area contributed by atoms with E-state index in [-0.39, 0.29) is 0 Å². The van der Waals surface area contributed by atoms with Gasteiger partial charge in [-0.3, -0.25) is 0 Å². The molecule has 1 unspecified atom stereocenters. The third kappa shape index (κ3) is 2.85. The normalized spacial score (nSPS) is 16.1. The number of nitrogens with one attached hydrogen (secondary N) is 1. The van der Waals surface area contributed by atoms with Crippen molar-refractivity contribution in [1.29, 1.82) is 0 Å². The summed E-state index contributed by atoms with van der Waals surface area (Å²) in [5, 5.41) is 3.42. The summed E-state index contributed by atoms with van der Waals surface area (Å²) in [7, 11) is 0. The van der Waals surface area contributed by atoms with Crippen LogP contribution in [0.5, 0.6) is 0 Å². The Hall–Kier alpha value is -0.820. The zero-order valence-corrected chi connectivity index (χ0v) is 10.6. The maximum atomic E-state index is 3.42. The fraction of sp³-hybridized carbons (Fsp3) is 0.600. The molecule has 0 amide bonds. The highest BCUT2D eigenvalue weighted by Crippen LogP contribution is 2.23. The van der Waals surface area contributed by atoms with Gasteiger partial charge in [0.1, 0.15) is 0 Å². The van der Waals surface area contributed by atoms with E-state index in [0.717, 1.165) is 19.0 Å². The molecule has 88 valence electrons. The van der Waals surface area contributed by atoms with Crippen molar-refractivity contribution in [2.24, 2.45) is 5.92 Å². The number of hydrogen-bond donors (Lipinski definition) is 1. The Balaban J connectivity index is 1.94. The lowest BCUT2D eigenvalue weighted by atomic mass is 9.98. The van der Waals surface area contributed by atoms with Crippen LogP contribution in [0.1, 0.15) is 37.0 Å². The van der Waals surface area contributed by atoms with Gasteiger partial charge in [-0.2, -0.15) is 0 Å². The first-order valence-corrected chi connectivity index (χ1v) is 6.61. The predicted molar refractivity (Wildman–Crippen MR) is 69.9 cm³/mol. The quantitative estimate of drug-likeness (QED) is 0.799. The molecule has 1 aliphatic rings. The summed E-state index contributed by atoms with van der Waals surface area (Å²) in [6.45, 7) is 6.71. The molecule has 0 aliphatic heterocycles. The SMILES string of the molecule is CCNCC(C)Cc1ccc2c(c1)CCC2. The highest BCUT2D eigenvalue weighted by molar-refractivity contribution is 5.35. The van der Waals surface area contributed by atoms with Crippen LogP contribution in [-0.2, 0) is 19.3 Å². The molecule has 0 fully saturated rings. The van der Waals surface area contributed by atoms with E-state index in [9.17, 15) is 0 Å². The molecule has 0 radical (unpaired) electrons. The standard InChI is InChI=1S/C15H23N/c1-3-16-11-12(2)9-13-7-8-14-5-4-6-15(14)10-13/h7-8,10,12,16H,3-6,9,11H2,1-2H3. The summed E-state index contributed by atoms with van der Waals surface area (Å²) < 4.78 is 0. The molecule has 0 saturated heterocycles. The van der Waals surface area contributed by atoms with Gasteiger partial charge >= 0.3 is 0 Å². The van der Waals surface area contributed by atoms with Gasteiger partial charge in [0.05, 0.1) is 0 Å². The highest BCUT2D eigenvalue weighted by Gasteiger charge is 2.11. The minimum atomic E-state index is 0.736. The molecule has 2 rings (SSSR count). The number of rotatable bonds is 5. The van der Waals surface area contributed by atoms with E-state index >= 15 is 0 Å². The Labute approximate surface area is 99.3 Å². The average molecular weight is 217 g/mol. The van der Waals surface area contributed by atoms with Crippen LogP contribution >= 0.6 is 0 Å². The number of fused-ring (bicyclic) bond motifs is 1. The van der Waals surface area contributed by atoms with Gasteiger partial charge in [-0.25, -0.2) is 0 Å². The second kappa shape index (κ2) is 5.49. The molecule has 0 spiro atoms. The van der Waals surface area contributed by atoms with Gasteiger partial charge < -0.3 is 5.32 Å². The van der Waals surface area contributed by atoms with Crippen LogP contribution in [0.3, 0.4) is 0 Å². The van der Waals surface area contributed by atoms with Crippen molar-refractivity contribution in [3.8, 4) is 0 Å². The number of aryl methyl sites for hydroxylation is 2. The minimum absolute atomic E-state index is 0.736. The van der Waals surface area contributed by atoms with Crippen LogP contribution in [0.2, 0.25) is 0 Å². The zero-order chi connectivity index (χ0) is 11.4. The van der Waals surface area contributed by atoms with Crippen LogP contribution in [0.15, 0.2) is 18.2 Å². The Morgan fingerprint density at radius 2 is 2.06 bits per heavy atom. The summed E-state index contributed by atoms with van der Waals surface area (Å²) in [5.74, 6) is 0.736. The van der Waals surface area contributed by atoms with Gasteiger partial charge in [-0.1, -0.05) is 32.0 Å². The second-order valence-electron chi connectivity index (χ2n) is 5.07. The monoisotopic (exact) mass is 217 g/mol. The van der Waals surface area contributed by atoms with E-state index in [4.69, 9.17) is 0 Å². The Morgan fingerprint density at radius 1 is 1.25 bits per heavy atom. The van der Waals surface area contributed by atoms with Crippen LogP contribution in [0, 0.1) is 5.92 Å². The van der Waals surface area contributed by atoms with E-state index in [1.165, 1.54) is 31.2 Å². The maximum Gasteiger partial charge on any atom is -0.00201 e. The van der Waals surface area contributed by atoms with Crippen molar-refractivity contribution in [3.05, 3.63) is 34.9 Å². The topological polar surface area (TPSA) is 12.0 Å². The summed E-state index contributed by atoms with van der Waals surface area (Å²) in [6.07, 6.45) is 5.15. The van der Waals surface area contributed by atoms with Crippen LogP contribution in [-0.4, -0.2) is 13.1 Å². The Kier molecular flexibility index (Phi) is 4.00. The highest BCUT2D eigenvalue weighted by atomic mass is 14.8. The number of benzene rings is 1. The molecule has 0 aromatic heterocycles. The molecule has 1 heteroatoms. The summed E-state index contributed by atoms with van der Waals surface area (Å²) >= 11 is 0. The lowest BCUT2D eigenvalue weighted by Crippen LogP contribution is -2.21. The van der Waals surface area contributed by atoms with Gasteiger partial charge in [0, 0.05) is 0 Å². The van der Waals surface area contributed by atoms with E-state index in [1.807, 2.05) is 0 Å². The van der Waals surface area contributed by atoms with Gasteiger partial charge in [-0.05, 0) is 61.4 Å². The lowest BCUT2D eigenvalue weighted by molar-refractivity contribution is 0.521. The lowest BCUT2D eigenvalue weighted by Gasteiger charge is -2.12. The van der Waals surface area contributed by atoms with E-state index < -0.39 is 0 Å². The Bertz CT molecular complexity index is 343. The van der Waals surface area contributed by atoms with Crippen LogP contribution in [0.25, 0.3) is 0 Å². The molecule has 0 bridgehead atoms. The summed E-state index contributed by atoms with van der Waals surface area (Å²) in [4.78, 5) is 0. The smallest absolute Gasteiger partial charge is 0.00201 e. The Morgan fingerprint density at radius 3 is 2.88 bits per heavy atom. The fourth-order valence-electron chi connectivity index (χ4n) is 2.62. The van der Waals surface area contributed by atoms with Gasteiger partial charge in [0.15, 0.2) is 0 Å². The first-order chi connectivity index (χ1) is 7.79. The zero-order valence-electron chi connectivity index (χ0n) is 10.6. The third-order valence-electron chi connectivity index (χ3n) is 3.49. The molecule has 1 nitrogen and oxygen atoms in total. The number of hydrogen-bond acceptors (Lipinski definition) is 1. The first-order valence-electron chi connectivity index (χ1n) is 6.61. The molecule has 0 heterocycles. The van der Waals surface area contributed by atoms with E-state index in [0.29, 0.717) is 0 Å². The molecule has 1 aliphatic carbocycles. The van der Waals surface area contributed by atoms with Crippen molar-refractivity contribution in [2.75, 3.05) is 13.1 Å². The molecule has 1 aromatic carbocycles. The van der Waals surface area contributed by atoms with Crippen molar-refractivity contribution in [3.63, 3.8) is 0 Å². The van der Waals surface area contributed by atoms with Crippen LogP contribution < -0.4 is 5.32 Å². The van der Waals surface area contributed by atoms with Gasteiger partial charge in [0.25, 0.3) is 0 Å². The third-order valence-corrected chi connectivity index (χ3v) is 3.49. The second-order valence-corrected chi connectivity index (χ2v) is 5.07. The van der Waals surface area contributed by atoms with Crippen LogP contribution in [0.4, 0.5) is 0 Å². The van der Waals surface area contributed by atoms with Gasteiger partial charge in [-0.15, -0.1) is 0 Å². The predicted octanol–water partition coefficient (Wildman–Crippen LogP) is 2.96. The van der Waals surface area contributed by atoms with Crippen molar-refractivity contribution in [2.45, 2.75) is 39.5 Å². The van der Waals surface area contributed by atoms with Gasteiger partial charge in [0.2, 0.25) is 0 Å². The van der Waals surface area contributed by atoms with E-state index in [2.05, 4.69) is 37.4 Å². The largest absolute Gasteiger partial charge is 0.317 e. The molecule has 1 atom stereocenters. The molecule has 1 aromatic rings. The van der Waals surface area contributed by atoms with Crippen molar-refractivity contribution >= 4 is 0 Å².